The Hall–Kier alpha value is -0.840. The van der Waals surface area contributed by atoms with E-state index in [0.717, 1.165) is 12.8 Å². The second-order valence-corrected chi connectivity index (χ2v) is 5.32. The summed E-state index contributed by atoms with van der Waals surface area (Å²) >= 11 is 1.36. The summed E-state index contributed by atoms with van der Waals surface area (Å²) in [5, 5.41) is 3.01. The van der Waals surface area contributed by atoms with Crippen LogP contribution in [0.15, 0.2) is 4.99 Å². The average Bonchev–Trinajstić information content (AvgIpc) is 2.56. The van der Waals surface area contributed by atoms with E-state index in [1.54, 1.807) is 0 Å². The third-order valence-corrected chi connectivity index (χ3v) is 3.72. The van der Waals surface area contributed by atoms with E-state index in [9.17, 15) is 9.59 Å². The van der Waals surface area contributed by atoms with E-state index in [0.29, 0.717) is 11.6 Å². The Bertz CT molecular complexity index is 313. The van der Waals surface area contributed by atoms with Gasteiger partial charge in [0.05, 0.1) is 5.25 Å². The van der Waals surface area contributed by atoms with Gasteiger partial charge in [0.1, 0.15) is 0 Å². The molecule has 0 bridgehead atoms. The van der Waals surface area contributed by atoms with E-state index >= 15 is 0 Å². The van der Waals surface area contributed by atoms with Crippen LogP contribution in [0.5, 0.6) is 0 Å². The maximum atomic E-state index is 11.5. The van der Waals surface area contributed by atoms with Crippen LogP contribution in [0.3, 0.4) is 0 Å². The summed E-state index contributed by atoms with van der Waals surface area (Å²) in [6, 6.07) is 0. The van der Waals surface area contributed by atoms with Gasteiger partial charge in [0.2, 0.25) is 5.91 Å². The Morgan fingerprint density at radius 1 is 1.56 bits per heavy atom. The lowest BCUT2D eigenvalue weighted by molar-refractivity contribution is -0.119. The lowest BCUT2D eigenvalue weighted by atomic mass is 10.1. The van der Waals surface area contributed by atoms with E-state index in [2.05, 4.69) is 10.3 Å². The minimum absolute atomic E-state index is 0.0506. The van der Waals surface area contributed by atoms with E-state index in [4.69, 9.17) is 0 Å². The third-order valence-electron chi connectivity index (χ3n) is 2.30. The molecule has 2 amide bonds. The molecule has 1 heterocycles. The molecular weight excluding hydrogens is 224 g/mol. The second-order valence-electron chi connectivity index (χ2n) is 4.19. The van der Waals surface area contributed by atoms with Crippen LogP contribution in [0.25, 0.3) is 0 Å². The van der Waals surface area contributed by atoms with Crippen molar-refractivity contribution in [2.75, 3.05) is 0 Å². The second kappa shape index (κ2) is 6.03. The zero-order valence-corrected chi connectivity index (χ0v) is 10.8. The average molecular weight is 242 g/mol. The van der Waals surface area contributed by atoms with Crippen molar-refractivity contribution in [3.05, 3.63) is 0 Å². The van der Waals surface area contributed by atoms with Crippen molar-refractivity contribution in [3.63, 3.8) is 0 Å². The van der Waals surface area contributed by atoms with Crippen LogP contribution >= 0.6 is 11.8 Å². The lowest BCUT2D eigenvalue weighted by Crippen LogP contribution is -2.27. The smallest absolute Gasteiger partial charge is 0.261 e. The van der Waals surface area contributed by atoms with E-state index < -0.39 is 0 Å². The number of hydrogen-bond acceptors (Lipinski definition) is 3. The Morgan fingerprint density at radius 3 is 2.75 bits per heavy atom. The first-order valence-electron chi connectivity index (χ1n) is 5.63. The molecule has 0 saturated carbocycles. The molecule has 1 N–H and O–H groups in total. The van der Waals surface area contributed by atoms with Gasteiger partial charge in [-0.25, -0.2) is 0 Å². The number of rotatable bonds is 4. The molecule has 4 nitrogen and oxygen atoms in total. The Labute approximate surface area is 100 Å². The van der Waals surface area contributed by atoms with Gasteiger partial charge >= 0.3 is 0 Å². The first-order chi connectivity index (χ1) is 7.54. The summed E-state index contributed by atoms with van der Waals surface area (Å²) in [6.07, 6.45) is 2.35. The Balaban J connectivity index is 2.43. The fourth-order valence-corrected chi connectivity index (χ4v) is 2.34. The molecule has 0 spiro atoms. The third kappa shape index (κ3) is 3.63. The highest BCUT2D eigenvalue weighted by atomic mass is 32.2. The molecule has 1 aliphatic heterocycles. The predicted molar refractivity (Wildman–Crippen MR) is 66.3 cm³/mol. The van der Waals surface area contributed by atoms with Gasteiger partial charge in [-0.3, -0.25) is 9.59 Å². The van der Waals surface area contributed by atoms with Crippen molar-refractivity contribution in [2.24, 2.45) is 10.9 Å². The topological polar surface area (TPSA) is 58.5 Å². The van der Waals surface area contributed by atoms with Crippen molar-refractivity contribution in [3.8, 4) is 0 Å². The van der Waals surface area contributed by atoms with Crippen LogP contribution < -0.4 is 5.32 Å². The first-order valence-corrected chi connectivity index (χ1v) is 6.51. The number of carbonyl (C=O) groups is 2. The van der Waals surface area contributed by atoms with Gasteiger partial charge in [0, 0.05) is 6.42 Å². The number of amides is 2. The summed E-state index contributed by atoms with van der Waals surface area (Å²) in [6.45, 7) is 5.99. The maximum absolute atomic E-state index is 11.5. The Kier molecular flexibility index (Phi) is 4.99. The zero-order valence-electron chi connectivity index (χ0n) is 9.95. The van der Waals surface area contributed by atoms with Crippen molar-refractivity contribution in [1.82, 2.24) is 5.32 Å². The monoisotopic (exact) mass is 242 g/mol. The van der Waals surface area contributed by atoms with Crippen molar-refractivity contribution < 1.29 is 9.59 Å². The largest absolute Gasteiger partial charge is 0.305 e. The van der Waals surface area contributed by atoms with Crippen molar-refractivity contribution in [2.45, 2.75) is 45.3 Å². The lowest BCUT2D eigenvalue weighted by Gasteiger charge is -2.10. The van der Waals surface area contributed by atoms with Gasteiger partial charge in [-0.2, -0.15) is 4.99 Å². The molecule has 0 aromatic heterocycles. The minimum atomic E-state index is -0.138. The van der Waals surface area contributed by atoms with Gasteiger partial charge in [0.15, 0.2) is 5.17 Å². The molecule has 1 atom stereocenters. The van der Waals surface area contributed by atoms with Gasteiger partial charge in [-0.05, 0) is 12.3 Å². The molecule has 0 fully saturated rings. The minimum Gasteiger partial charge on any atom is -0.305 e. The molecule has 0 radical (unpaired) electrons. The number of unbranched alkanes of at least 4 members (excludes halogenated alkanes) is 1. The summed E-state index contributed by atoms with van der Waals surface area (Å²) in [5.41, 5.74) is 0. The van der Waals surface area contributed by atoms with Crippen LogP contribution in [0.2, 0.25) is 0 Å². The zero-order chi connectivity index (χ0) is 12.1. The number of thioether (sulfide) groups is 1. The van der Waals surface area contributed by atoms with Gasteiger partial charge in [-0.15, -0.1) is 0 Å². The first kappa shape index (κ1) is 13.2. The number of hydrogen-bond donors (Lipinski definition) is 1. The van der Waals surface area contributed by atoms with E-state index in [1.807, 2.05) is 20.8 Å². The quantitative estimate of drug-likeness (QED) is 0.819. The fraction of sp³-hybridized carbons (Fsp3) is 0.727. The van der Waals surface area contributed by atoms with Crippen molar-refractivity contribution in [1.29, 1.82) is 0 Å². The molecule has 1 aliphatic rings. The molecule has 0 aromatic carbocycles. The van der Waals surface area contributed by atoms with Crippen LogP contribution in [-0.4, -0.2) is 22.2 Å². The molecule has 0 aliphatic carbocycles. The molecule has 0 unspecified atom stereocenters. The van der Waals surface area contributed by atoms with Crippen LogP contribution in [0.4, 0.5) is 0 Å². The number of carbonyl (C=O) groups excluding carboxylic acids is 2. The summed E-state index contributed by atoms with van der Waals surface area (Å²) in [4.78, 5) is 26.7. The van der Waals surface area contributed by atoms with Gasteiger partial charge in [-0.1, -0.05) is 39.0 Å². The highest BCUT2D eigenvalue weighted by Crippen LogP contribution is 2.27. The normalized spacial score (nSPS) is 20.1. The summed E-state index contributed by atoms with van der Waals surface area (Å²) in [7, 11) is 0. The van der Waals surface area contributed by atoms with E-state index in [-0.39, 0.29) is 23.0 Å². The van der Waals surface area contributed by atoms with Crippen LogP contribution in [0.1, 0.15) is 40.0 Å². The SMILES string of the molecule is CCCCC(=O)NC1=NC(=O)[C@H](C(C)C)S1. The van der Waals surface area contributed by atoms with Gasteiger partial charge < -0.3 is 5.32 Å². The Morgan fingerprint density at radius 2 is 2.25 bits per heavy atom. The molecule has 0 saturated heterocycles. The van der Waals surface area contributed by atoms with Gasteiger partial charge in [0.25, 0.3) is 5.91 Å². The van der Waals surface area contributed by atoms with Crippen molar-refractivity contribution >= 4 is 28.7 Å². The molecule has 90 valence electrons. The predicted octanol–water partition coefficient (Wildman–Crippen LogP) is 1.95. The molecule has 1 rings (SSSR count). The fourth-order valence-electron chi connectivity index (χ4n) is 1.36. The highest BCUT2D eigenvalue weighted by Gasteiger charge is 2.31. The van der Waals surface area contributed by atoms with Crippen LogP contribution in [0, 0.1) is 5.92 Å². The molecular formula is C11H18N2O2S. The molecule has 0 aromatic rings. The molecule has 16 heavy (non-hydrogen) atoms. The van der Waals surface area contributed by atoms with Crippen LogP contribution in [-0.2, 0) is 9.59 Å². The summed E-state index contributed by atoms with van der Waals surface area (Å²) < 4.78 is 0. The highest BCUT2D eigenvalue weighted by molar-refractivity contribution is 8.15. The molecule has 5 heteroatoms. The number of amidine groups is 1. The standard InChI is InChI=1S/C11H18N2O2S/c1-4-5-6-8(14)12-11-13-10(15)9(16-11)7(2)3/h7,9H,4-6H2,1-3H3,(H,12,13,14,15)/t9-/m0/s1. The van der Waals surface area contributed by atoms with E-state index in [1.165, 1.54) is 11.8 Å². The number of aliphatic imine (C=N–C) groups is 1. The number of nitrogens with one attached hydrogen (secondary N) is 1. The maximum Gasteiger partial charge on any atom is 0.261 e. The summed E-state index contributed by atoms with van der Waals surface area (Å²) in [5.74, 6) is 0.0578. The number of nitrogens with zero attached hydrogens (tertiary/aromatic N) is 1.